The first-order valence-corrected chi connectivity index (χ1v) is 6.17. The molecule has 0 aromatic carbocycles. The fourth-order valence-corrected chi connectivity index (χ4v) is 2.31. The second kappa shape index (κ2) is 5.76. The Kier molecular flexibility index (Phi) is 4.24. The molecule has 2 heterocycles. The Bertz CT molecular complexity index is 390. The van der Waals surface area contributed by atoms with Crippen molar-refractivity contribution in [3.8, 4) is 0 Å². The van der Waals surface area contributed by atoms with Crippen LogP contribution in [0.3, 0.4) is 0 Å². The molecular weight excluding hydrogens is 272 g/mol. The van der Waals surface area contributed by atoms with Gasteiger partial charge in [-0.05, 0) is 0 Å². The molecule has 0 radical (unpaired) electrons. The molecule has 2 unspecified atom stereocenters. The summed E-state index contributed by atoms with van der Waals surface area (Å²) < 4.78 is 26.2. The summed E-state index contributed by atoms with van der Waals surface area (Å²) in [5, 5.41) is 0. The first-order valence-electron chi connectivity index (χ1n) is 6.17. The third kappa shape index (κ3) is 3.07. The Balaban J connectivity index is 2.24. The van der Waals surface area contributed by atoms with E-state index in [2.05, 4.69) is 0 Å². The number of hydrogen-bond acceptors (Lipinski definition) is 8. The minimum atomic E-state index is -0.973. The van der Waals surface area contributed by atoms with Gasteiger partial charge in [0.05, 0.1) is 6.61 Å². The van der Waals surface area contributed by atoms with Crippen LogP contribution < -0.4 is 0 Å². The summed E-state index contributed by atoms with van der Waals surface area (Å²) in [5.74, 6) is -1.71. The Labute approximate surface area is 115 Å². The average molecular weight is 288 g/mol. The van der Waals surface area contributed by atoms with Crippen LogP contribution in [0.4, 0.5) is 0 Å². The fraction of sp³-hybridized carbons (Fsp3) is 0.750. The molecule has 2 bridgehead atoms. The van der Waals surface area contributed by atoms with Crippen molar-refractivity contribution in [2.75, 3.05) is 6.61 Å². The van der Waals surface area contributed by atoms with Gasteiger partial charge in [-0.1, -0.05) is 0 Å². The molecule has 0 aliphatic carbocycles. The molecule has 8 nitrogen and oxygen atoms in total. The number of ether oxygens (including phenoxy) is 5. The molecule has 112 valence electrons. The van der Waals surface area contributed by atoms with Gasteiger partial charge in [0.25, 0.3) is 0 Å². The molecule has 2 aliphatic heterocycles. The van der Waals surface area contributed by atoms with Crippen LogP contribution >= 0.6 is 0 Å². The first-order chi connectivity index (χ1) is 9.38. The molecule has 2 fully saturated rings. The highest BCUT2D eigenvalue weighted by Crippen LogP contribution is 2.33. The van der Waals surface area contributed by atoms with Crippen molar-refractivity contribution in [2.45, 2.75) is 51.5 Å². The zero-order chi connectivity index (χ0) is 14.9. The number of carbonyl (C=O) groups is 3. The van der Waals surface area contributed by atoms with E-state index in [1.165, 1.54) is 20.8 Å². The van der Waals surface area contributed by atoms with Crippen molar-refractivity contribution in [3.05, 3.63) is 0 Å². The molecule has 0 amide bonds. The smallest absolute Gasteiger partial charge is 0.303 e. The van der Waals surface area contributed by atoms with Crippen LogP contribution in [0.25, 0.3) is 0 Å². The van der Waals surface area contributed by atoms with Crippen LogP contribution in [0.5, 0.6) is 0 Å². The Morgan fingerprint density at radius 3 is 1.90 bits per heavy atom. The van der Waals surface area contributed by atoms with Crippen molar-refractivity contribution in [2.24, 2.45) is 0 Å². The van der Waals surface area contributed by atoms with Gasteiger partial charge in [-0.25, -0.2) is 0 Å². The third-order valence-corrected chi connectivity index (χ3v) is 2.92. The lowest BCUT2D eigenvalue weighted by atomic mass is 10.00. The lowest BCUT2D eigenvalue weighted by Crippen LogP contribution is -2.58. The van der Waals surface area contributed by atoms with Crippen molar-refractivity contribution in [1.82, 2.24) is 0 Å². The number of carbonyl (C=O) groups excluding carboxylic acids is 3. The van der Waals surface area contributed by atoms with E-state index in [0.29, 0.717) is 0 Å². The summed E-state index contributed by atoms with van der Waals surface area (Å²) in [7, 11) is 0. The van der Waals surface area contributed by atoms with Gasteiger partial charge in [0.15, 0.2) is 24.6 Å². The van der Waals surface area contributed by atoms with E-state index in [9.17, 15) is 14.4 Å². The average Bonchev–Trinajstić information content (AvgIpc) is 2.74. The second-order valence-electron chi connectivity index (χ2n) is 4.60. The van der Waals surface area contributed by atoms with Crippen LogP contribution in [0, 0.1) is 0 Å². The van der Waals surface area contributed by atoms with Crippen LogP contribution in [-0.4, -0.2) is 55.2 Å². The van der Waals surface area contributed by atoms with E-state index in [0.717, 1.165) is 0 Å². The molecule has 0 saturated carbocycles. The van der Waals surface area contributed by atoms with Crippen LogP contribution in [-0.2, 0) is 38.1 Å². The van der Waals surface area contributed by atoms with Crippen LogP contribution in [0.15, 0.2) is 0 Å². The molecule has 8 heteroatoms. The first kappa shape index (κ1) is 14.7. The van der Waals surface area contributed by atoms with Gasteiger partial charge in [0, 0.05) is 20.8 Å². The SMILES string of the molecule is CC(=O)OC1C2CO[C@H](O2)[C@H](OC(C)=O)[C@H]1OC(C)=O. The largest absolute Gasteiger partial charge is 0.456 e. The van der Waals surface area contributed by atoms with Crippen LogP contribution in [0.2, 0.25) is 0 Å². The summed E-state index contributed by atoms with van der Waals surface area (Å²) in [4.78, 5) is 33.6. The summed E-state index contributed by atoms with van der Waals surface area (Å²) >= 11 is 0. The summed E-state index contributed by atoms with van der Waals surface area (Å²) in [6, 6.07) is 0. The van der Waals surface area contributed by atoms with Gasteiger partial charge < -0.3 is 23.7 Å². The van der Waals surface area contributed by atoms with Gasteiger partial charge in [0.2, 0.25) is 0 Å². The van der Waals surface area contributed by atoms with Crippen molar-refractivity contribution >= 4 is 17.9 Å². The van der Waals surface area contributed by atoms with Gasteiger partial charge in [0.1, 0.15) is 6.10 Å². The van der Waals surface area contributed by atoms with Gasteiger partial charge in [-0.3, -0.25) is 14.4 Å². The van der Waals surface area contributed by atoms with E-state index in [-0.39, 0.29) is 6.61 Å². The Hall–Kier alpha value is -1.67. The summed E-state index contributed by atoms with van der Waals surface area (Å²) in [6.07, 6.45) is -4.19. The molecule has 20 heavy (non-hydrogen) atoms. The van der Waals surface area contributed by atoms with E-state index >= 15 is 0 Å². The number of fused-ring (bicyclic) bond motifs is 2. The predicted molar refractivity (Wildman–Crippen MR) is 61.3 cm³/mol. The number of hydrogen-bond donors (Lipinski definition) is 0. The minimum absolute atomic E-state index is 0.165. The molecular formula is C12H16O8. The topological polar surface area (TPSA) is 97.4 Å². The number of esters is 3. The van der Waals surface area contributed by atoms with Gasteiger partial charge in [-0.15, -0.1) is 0 Å². The van der Waals surface area contributed by atoms with Crippen LogP contribution in [0.1, 0.15) is 20.8 Å². The standard InChI is InChI=1S/C12H16O8/c1-5(13)17-9-8-4-16-12(20-8)11(19-7(3)15)10(9)18-6(2)14/h8-12H,4H2,1-3H3/t8?,9?,10-,11+,12+/m0/s1. The van der Waals surface area contributed by atoms with E-state index in [1.54, 1.807) is 0 Å². The molecule has 2 rings (SSSR count). The van der Waals surface area contributed by atoms with Crippen molar-refractivity contribution in [1.29, 1.82) is 0 Å². The summed E-state index contributed by atoms with van der Waals surface area (Å²) in [5.41, 5.74) is 0. The van der Waals surface area contributed by atoms with E-state index in [1.807, 2.05) is 0 Å². The van der Waals surface area contributed by atoms with Crippen molar-refractivity contribution < 1.29 is 38.1 Å². The second-order valence-corrected chi connectivity index (χ2v) is 4.60. The normalized spacial score (nSPS) is 35.2. The fourth-order valence-electron chi connectivity index (χ4n) is 2.31. The zero-order valence-corrected chi connectivity index (χ0v) is 11.4. The lowest BCUT2D eigenvalue weighted by Gasteiger charge is -2.38. The lowest BCUT2D eigenvalue weighted by molar-refractivity contribution is -0.250. The highest BCUT2D eigenvalue weighted by atomic mass is 16.8. The molecule has 0 aromatic rings. The minimum Gasteiger partial charge on any atom is -0.456 e. The third-order valence-electron chi connectivity index (χ3n) is 2.92. The van der Waals surface area contributed by atoms with E-state index < -0.39 is 48.6 Å². The van der Waals surface area contributed by atoms with Gasteiger partial charge >= 0.3 is 17.9 Å². The Morgan fingerprint density at radius 2 is 1.35 bits per heavy atom. The molecule has 2 aliphatic rings. The monoisotopic (exact) mass is 288 g/mol. The van der Waals surface area contributed by atoms with Gasteiger partial charge in [-0.2, -0.15) is 0 Å². The maximum absolute atomic E-state index is 11.2. The molecule has 2 saturated heterocycles. The number of rotatable bonds is 3. The molecule has 5 atom stereocenters. The van der Waals surface area contributed by atoms with Crippen molar-refractivity contribution in [3.63, 3.8) is 0 Å². The maximum atomic E-state index is 11.2. The highest BCUT2D eigenvalue weighted by molar-refractivity contribution is 5.68. The molecule has 0 N–H and O–H groups in total. The quantitative estimate of drug-likeness (QED) is 0.508. The van der Waals surface area contributed by atoms with E-state index in [4.69, 9.17) is 23.7 Å². The molecule has 0 spiro atoms. The molecule has 0 aromatic heterocycles. The maximum Gasteiger partial charge on any atom is 0.303 e. The highest BCUT2D eigenvalue weighted by Gasteiger charge is 2.55. The Morgan fingerprint density at radius 1 is 0.850 bits per heavy atom. The predicted octanol–water partition coefficient (Wildman–Crippen LogP) is -0.463. The zero-order valence-electron chi connectivity index (χ0n) is 11.4. The summed E-state index contributed by atoms with van der Waals surface area (Å²) in [6.45, 7) is 3.83.